The number of ether oxygens (including phenoxy) is 6. The van der Waals surface area contributed by atoms with E-state index in [-0.39, 0.29) is 13.2 Å². The summed E-state index contributed by atoms with van der Waals surface area (Å²) < 4.78 is 32.4. The second kappa shape index (κ2) is 13.1. The van der Waals surface area contributed by atoms with Gasteiger partial charge >= 0.3 is 23.9 Å². The highest BCUT2D eigenvalue weighted by atomic mass is 16.7. The molecule has 0 aromatic carbocycles. The van der Waals surface area contributed by atoms with Crippen molar-refractivity contribution in [2.24, 2.45) is 5.73 Å². The standard InChI is InChI=1S/C19H31NO10/c1-11(21)26-10-15-16(27-12(2)22)17(28-13(3)23)18(29-14(4)24)19(30-15)25-9-7-5-6-8-20/h15-19H,5-10,20H2,1-4H3/t15-,16-,17+,18-,19-/m1/s1. The molecule has 0 bridgehead atoms. The first kappa shape index (κ1) is 25.8. The maximum atomic E-state index is 11.7. The summed E-state index contributed by atoms with van der Waals surface area (Å²) >= 11 is 0. The molecule has 11 heteroatoms. The van der Waals surface area contributed by atoms with Crippen LogP contribution in [0.15, 0.2) is 0 Å². The summed E-state index contributed by atoms with van der Waals surface area (Å²) in [5, 5.41) is 0. The lowest BCUT2D eigenvalue weighted by atomic mass is 9.98. The molecule has 0 spiro atoms. The second-order valence-corrected chi connectivity index (χ2v) is 6.79. The zero-order valence-electron chi connectivity index (χ0n) is 17.8. The maximum Gasteiger partial charge on any atom is 0.303 e. The first-order valence-corrected chi connectivity index (χ1v) is 9.77. The van der Waals surface area contributed by atoms with Crippen molar-refractivity contribution >= 4 is 23.9 Å². The Morgan fingerprint density at radius 2 is 1.33 bits per heavy atom. The van der Waals surface area contributed by atoms with Crippen molar-refractivity contribution in [2.45, 2.75) is 77.7 Å². The number of nitrogens with two attached hydrogens (primary N) is 1. The van der Waals surface area contributed by atoms with Crippen molar-refractivity contribution in [1.82, 2.24) is 0 Å². The number of carbonyl (C=O) groups is 4. The highest BCUT2D eigenvalue weighted by Gasteiger charge is 2.52. The van der Waals surface area contributed by atoms with Gasteiger partial charge in [-0.25, -0.2) is 0 Å². The van der Waals surface area contributed by atoms with E-state index < -0.39 is 54.6 Å². The van der Waals surface area contributed by atoms with Gasteiger partial charge in [0.25, 0.3) is 0 Å². The Kier molecular flexibility index (Phi) is 11.3. The Bertz CT molecular complexity index is 596. The van der Waals surface area contributed by atoms with E-state index in [4.69, 9.17) is 34.2 Å². The van der Waals surface area contributed by atoms with Gasteiger partial charge in [0.1, 0.15) is 12.7 Å². The topological polar surface area (TPSA) is 150 Å². The minimum absolute atomic E-state index is 0.258. The van der Waals surface area contributed by atoms with Crippen LogP contribution >= 0.6 is 0 Å². The lowest BCUT2D eigenvalue weighted by Crippen LogP contribution is -2.63. The number of unbranched alkanes of at least 4 members (excludes halogenated alkanes) is 2. The molecule has 1 fully saturated rings. The van der Waals surface area contributed by atoms with E-state index in [1.807, 2.05) is 0 Å². The highest BCUT2D eigenvalue weighted by molar-refractivity contribution is 5.68. The molecule has 11 nitrogen and oxygen atoms in total. The first-order valence-electron chi connectivity index (χ1n) is 9.77. The minimum atomic E-state index is -1.22. The molecule has 1 rings (SSSR count). The summed E-state index contributed by atoms with van der Waals surface area (Å²) in [6.45, 7) is 5.23. The normalized spacial score (nSPS) is 25.8. The van der Waals surface area contributed by atoms with E-state index in [2.05, 4.69) is 0 Å². The van der Waals surface area contributed by atoms with Crippen LogP contribution in [0.2, 0.25) is 0 Å². The molecule has 1 aliphatic rings. The minimum Gasteiger partial charge on any atom is -0.463 e. The maximum absolute atomic E-state index is 11.7. The van der Waals surface area contributed by atoms with Gasteiger partial charge in [-0.15, -0.1) is 0 Å². The Morgan fingerprint density at radius 1 is 0.767 bits per heavy atom. The third-order valence-corrected chi connectivity index (χ3v) is 4.08. The largest absolute Gasteiger partial charge is 0.463 e. The first-order chi connectivity index (χ1) is 14.1. The van der Waals surface area contributed by atoms with Crippen LogP contribution in [0.4, 0.5) is 0 Å². The molecule has 0 unspecified atom stereocenters. The summed E-state index contributed by atoms with van der Waals surface area (Å²) in [5.41, 5.74) is 5.47. The Balaban J connectivity index is 3.13. The lowest BCUT2D eigenvalue weighted by Gasteiger charge is -2.44. The van der Waals surface area contributed by atoms with Crippen LogP contribution in [0.25, 0.3) is 0 Å². The summed E-state index contributed by atoms with van der Waals surface area (Å²) in [4.78, 5) is 46.3. The zero-order chi connectivity index (χ0) is 22.7. The molecule has 1 saturated heterocycles. The molecule has 2 N–H and O–H groups in total. The molecule has 5 atom stereocenters. The van der Waals surface area contributed by atoms with Crippen molar-refractivity contribution in [2.75, 3.05) is 19.8 Å². The molecule has 172 valence electrons. The summed E-state index contributed by atoms with van der Waals surface area (Å²) in [6.07, 6.45) is -3.44. The van der Waals surface area contributed by atoms with Gasteiger partial charge in [-0.2, -0.15) is 0 Å². The van der Waals surface area contributed by atoms with E-state index in [1.165, 1.54) is 13.8 Å². The van der Waals surface area contributed by atoms with Gasteiger partial charge in [0, 0.05) is 34.3 Å². The third-order valence-electron chi connectivity index (χ3n) is 4.08. The van der Waals surface area contributed by atoms with Gasteiger partial charge in [-0.05, 0) is 25.8 Å². The van der Waals surface area contributed by atoms with Crippen LogP contribution in [0.5, 0.6) is 0 Å². The summed E-state index contributed by atoms with van der Waals surface area (Å²) in [6, 6.07) is 0. The van der Waals surface area contributed by atoms with Crippen LogP contribution in [0.1, 0.15) is 47.0 Å². The number of rotatable bonds is 11. The highest BCUT2D eigenvalue weighted by Crippen LogP contribution is 2.30. The van der Waals surface area contributed by atoms with Crippen molar-refractivity contribution < 1.29 is 47.6 Å². The molecule has 0 aliphatic carbocycles. The third kappa shape index (κ3) is 9.06. The Morgan fingerprint density at radius 3 is 1.87 bits per heavy atom. The van der Waals surface area contributed by atoms with Gasteiger partial charge in [-0.3, -0.25) is 19.2 Å². The molecule has 0 amide bonds. The Labute approximate surface area is 175 Å². The molecule has 0 radical (unpaired) electrons. The van der Waals surface area contributed by atoms with Gasteiger partial charge in [0.15, 0.2) is 24.6 Å². The molecule has 0 aromatic heterocycles. The molecule has 0 saturated carbocycles. The van der Waals surface area contributed by atoms with Crippen LogP contribution in [-0.2, 0) is 47.6 Å². The fourth-order valence-electron chi connectivity index (χ4n) is 2.95. The zero-order valence-corrected chi connectivity index (χ0v) is 17.8. The van der Waals surface area contributed by atoms with E-state index in [0.717, 1.165) is 26.7 Å². The SMILES string of the molecule is CC(=O)OC[C@H]1O[C@@H](OCCCCCN)[C@H](OC(C)=O)[C@@H](OC(C)=O)[C@@H]1OC(C)=O. The fraction of sp³-hybridized carbons (Fsp3) is 0.789. The smallest absolute Gasteiger partial charge is 0.303 e. The summed E-state index contributed by atoms with van der Waals surface area (Å²) in [7, 11) is 0. The fourth-order valence-corrected chi connectivity index (χ4v) is 2.95. The second-order valence-electron chi connectivity index (χ2n) is 6.79. The van der Waals surface area contributed by atoms with Crippen molar-refractivity contribution in [3.63, 3.8) is 0 Å². The van der Waals surface area contributed by atoms with Gasteiger partial charge in [0.2, 0.25) is 0 Å². The summed E-state index contributed by atoms with van der Waals surface area (Å²) in [5.74, 6) is -2.62. The van der Waals surface area contributed by atoms with Gasteiger partial charge in [0.05, 0.1) is 0 Å². The molecular weight excluding hydrogens is 402 g/mol. The van der Waals surface area contributed by atoms with Crippen LogP contribution in [-0.4, -0.2) is 74.3 Å². The van der Waals surface area contributed by atoms with E-state index >= 15 is 0 Å². The van der Waals surface area contributed by atoms with Gasteiger partial charge < -0.3 is 34.2 Å². The molecule has 1 heterocycles. The molecule has 1 aliphatic heterocycles. The van der Waals surface area contributed by atoms with Crippen LogP contribution < -0.4 is 5.73 Å². The van der Waals surface area contributed by atoms with E-state index in [0.29, 0.717) is 13.0 Å². The lowest BCUT2D eigenvalue weighted by molar-refractivity contribution is -0.308. The van der Waals surface area contributed by atoms with Crippen LogP contribution in [0, 0.1) is 0 Å². The molecular formula is C19H31NO10. The Hall–Kier alpha value is -2.24. The average Bonchev–Trinajstić information content (AvgIpc) is 2.63. The number of hydrogen-bond donors (Lipinski definition) is 1. The number of esters is 4. The average molecular weight is 433 g/mol. The predicted molar refractivity (Wildman–Crippen MR) is 101 cm³/mol. The van der Waals surface area contributed by atoms with Crippen LogP contribution in [0.3, 0.4) is 0 Å². The number of carbonyl (C=O) groups excluding carboxylic acids is 4. The predicted octanol–water partition coefficient (Wildman–Crippen LogP) is 0.215. The van der Waals surface area contributed by atoms with Gasteiger partial charge in [-0.1, -0.05) is 0 Å². The monoisotopic (exact) mass is 433 g/mol. The van der Waals surface area contributed by atoms with Crippen molar-refractivity contribution in [3.05, 3.63) is 0 Å². The van der Waals surface area contributed by atoms with Crippen molar-refractivity contribution in [3.8, 4) is 0 Å². The van der Waals surface area contributed by atoms with E-state index in [1.54, 1.807) is 0 Å². The molecule has 30 heavy (non-hydrogen) atoms. The molecule has 0 aromatic rings. The quantitative estimate of drug-likeness (QED) is 0.271. The van der Waals surface area contributed by atoms with Crippen molar-refractivity contribution in [1.29, 1.82) is 0 Å². The van der Waals surface area contributed by atoms with E-state index in [9.17, 15) is 19.2 Å². The number of hydrogen-bond acceptors (Lipinski definition) is 11.